The molecule has 1 aromatic rings. The molecule has 128 valence electrons. The Hall–Kier alpha value is -1.56. The molecule has 0 unspecified atom stereocenters. The molecule has 1 saturated carbocycles. The second-order valence-corrected chi connectivity index (χ2v) is 6.73. The van der Waals surface area contributed by atoms with Gasteiger partial charge < -0.3 is 15.5 Å². The molecule has 0 amide bonds. The second-order valence-electron chi connectivity index (χ2n) is 6.73. The van der Waals surface area contributed by atoms with Crippen LogP contribution in [0, 0.1) is 6.92 Å². The van der Waals surface area contributed by atoms with Crippen LogP contribution in [0.1, 0.15) is 38.2 Å². The predicted molar refractivity (Wildman–Crippen MR) is 93.7 cm³/mol. The largest absolute Gasteiger partial charge is 0.357 e. The van der Waals surface area contributed by atoms with E-state index in [1.54, 1.807) is 0 Å². The topological polar surface area (TPSA) is 57.5 Å². The lowest BCUT2D eigenvalue weighted by atomic mass is 10.1. The summed E-state index contributed by atoms with van der Waals surface area (Å²) in [5.74, 6) is 0.946. The Balaban J connectivity index is 1.44. The molecule has 2 heterocycles. The SMILES string of the molecule is CCNC(=NCCn1cc(C)cn1)NC1CCN(C2CC2)CC1. The fraction of sp³-hybridized carbons (Fsp3) is 0.765. The highest BCUT2D eigenvalue weighted by Gasteiger charge is 2.31. The highest BCUT2D eigenvalue weighted by Crippen LogP contribution is 2.29. The van der Waals surface area contributed by atoms with E-state index in [0.29, 0.717) is 6.04 Å². The average molecular weight is 318 g/mol. The van der Waals surface area contributed by atoms with Gasteiger partial charge in [0.25, 0.3) is 0 Å². The lowest BCUT2D eigenvalue weighted by Crippen LogP contribution is -2.49. The summed E-state index contributed by atoms with van der Waals surface area (Å²) in [6.07, 6.45) is 9.22. The van der Waals surface area contributed by atoms with Crippen LogP contribution < -0.4 is 10.6 Å². The quantitative estimate of drug-likeness (QED) is 0.614. The van der Waals surface area contributed by atoms with Gasteiger partial charge in [-0.1, -0.05) is 0 Å². The van der Waals surface area contributed by atoms with Crippen LogP contribution in [0.4, 0.5) is 0 Å². The number of guanidine groups is 1. The Labute approximate surface area is 139 Å². The molecule has 2 fully saturated rings. The molecule has 1 aliphatic carbocycles. The van der Waals surface area contributed by atoms with E-state index in [9.17, 15) is 0 Å². The summed E-state index contributed by atoms with van der Waals surface area (Å²) in [6.45, 7) is 9.11. The van der Waals surface area contributed by atoms with Crippen molar-refractivity contribution in [1.82, 2.24) is 25.3 Å². The zero-order valence-electron chi connectivity index (χ0n) is 14.5. The summed E-state index contributed by atoms with van der Waals surface area (Å²) >= 11 is 0. The van der Waals surface area contributed by atoms with Crippen molar-refractivity contribution in [3.05, 3.63) is 18.0 Å². The summed E-state index contributed by atoms with van der Waals surface area (Å²) < 4.78 is 1.95. The third kappa shape index (κ3) is 4.96. The molecule has 2 N–H and O–H groups in total. The summed E-state index contributed by atoms with van der Waals surface area (Å²) in [7, 11) is 0. The number of aromatic nitrogens is 2. The first-order chi connectivity index (χ1) is 11.2. The van der Waals surface area contributed by atoms with Gasteiger partial charge in [-0.3, -0.25) is 9.67 Å². The molecular formula is C17H30N6. The Morgan fingerprint density at radius 3 is 2.70 bits per heavy atom. The number of rotatable bonds is 6. The van der Waals surface area contributed by atoms with Gasteiger partial charge in [-0.25, -0.2) is 0 Å². The maximum Gasteiger partial charge on any atom is 0.191 e. The van der Waals surface area contributed by atoms with Gasteiger partial charge in [-0.2, -0.15) is 5.10 Å². The molecular weight excluding hydrogens is 288 g/mol. The van der Waals surface area contributed by atoms with Crippen molar-refractivity contribution in [1.29, 1.82) is 0 Å². The maximum atomic E-state index is 4.70. The van der Waals surface area contributed by atoms with Crippen molar-refractivity contribution in [2.75, 3.05) is 26.2 Å². The maximum absolute atomic E-state index is 4.70. The first-order valence-electron chi connectivity index (χ1n) is 9.02. The normalized spacial score (nSPS) is 20.7. The number of likely N-dealkylation sites (tertiary alicyclic amines) is 1. The van der Waals surface area contributed by atoms with Crippen LogP contribution in [0.5, 0.6) is 0 Å². The number of aryl methyl sites for hydroxylation is 1. The highest BCUT2D eigenvalue weighted by atomic mass is 15.3. The van der Waals surface area contributed by atoms with E-state index in [-0.39, 0.29) is 0 Å². The van der Waals surface area contributed by atoms with E-state index < -0.39 is 0 Å². The van der Waals surface area contributed by atoms with E-state index in [0.717, 1.165) is 31.6 Å². The number of aliphatic imine (C=N–C) groups is 1. The monoisotopic (exact) mass is 318 g/mol. The molecule has 0 atom stereocenters. The Kier molecular flexibility index (Phi) is 5.54. The van der Waals surface area contributed by atoms with Crippen LogP contribution in [0.25, 0.3) is 0 Å². The Bertz CT molecular complexity index is 511. The number of hydrogen-bond acceptors (Lipinski definition) is 3. The lowest BCUT2D eigenvalue weighted by Gasteiger charge is -2.33. The minimum absolute atomic E-state index is 0.551. The third-order valence-electron chi connectivity index (χ3n) is 4.64. The number of hydrogen-bond donors (Lipinski definition) is 2. The average Bonchev–Trinajstić information content (AvgIpc) is 3.31. The standard InChI is InChI=1S/C17H30N6/c1-3-18-17(19-8-11-23-13-14(2)12-20-23)21-15-6-9-22(10-7-15)16-4-5-16/h12-13,15-16H,3-11H2,1-2H3,(H2,18,19,21). The summed E-state index contributed by atoms with van der Waals surface area (Å²) in [5, 5.41) is 11.3. The molecule has 0 spiro atoms. The van der Waals surface area contributed by atoms with Gasteiger partial charge in [-0.15, -0.1) is 0 Å². The van der Waals surface area contributed by atoms with Crippen LogP contribution in [-0.4, -0.2) is 58.9 Å². The number of nitrogens with one attached hydrogen (secondary N) is 2. The minimum Gasteiger partial charge on any atom is -0.357 e. The fourth-order valence-electron chi connectivity index (χ4n) is 3.22. The molecule has 1 saturated heterocycles. The molecule has 1 aromatic heterocycles. The van der Waals surface area contributed by atoms with Gasteiger partial charge >= 0.3 is 0 Å². The van der Waals surface area contributed by atoms with Crippen LogP contribution in [-0.2, 0) is 6.54 Å². The highest BCUT2D eigenvalue weighted by molar-refractivity contribution is 5.80. The third-order valence-corrected chi connectivity index (χ3v) is 4.64. The van der Waals surface area contributed by atoms with Crippen molar-refractivity contribution in [3.63, 3.8) is 0 Å². The van der Waals surface area contributed by atoms with Gasteiger partial charge in [0.05, 0.1) is 19.3 Å². The van der Waals surface area contributed by atoms with Crippen molar-refractivity contribution >= 4 is 5.96 Å². The van der Waals surface area contributed by atoms with Crippen LogP contribution in [0.3, 0.4) is 0 Å². The van der Waals surface area contributed by atoms with Gasteiger partial charge in [0.15, 0.2) is 5.96 Å². The van der Waals surface area contributed by atoms with E-state index in [1.807, 2.05) is 10.9 Å². The molecule has 6 nitrogen and oxygen atoms in total. The summed E-state index contributed by atoms with van der Waals surface area (Å²) in [6, 6.07) is 1.45. The van der Waals surface area contributed by atoms with Gasteiger partial charge in [0.1, 0.15) is 0 Å². The van der Waals surface area contributed by atoms with Gasteiger partial charge in [-0.05, 0) is 45.1 Å². The molecule has 0 aromatic carbocycles. The predicted octanol–water partition coefficient (Wildman–Crippen LogP) is 1.37. The molecule has 2 aliphatic rings. The van der Waals surface area contributed by atoms with Crippen LogP contribution in [0.2, 0.25) is 0 Å². The summed E-state index contributed by atoms with van der Waals surface area (Å²) in [5.41, 5.74) is 1.20. The first-order valence-corrected chi connectivity index (χ1v) is 9.02. The van der Waals surface area contributed by atoms with Crippen molar-refractivity contribution in [3.8, 4) is 0 Å². The molecule has 0 radical (unpaired) electrons. The Morgan fingerprint density at radius 2 is 2.09 bits per heavy atom. The number of piperidine rings is 1. The Morgan fingerprint density at radius 1 is 1.30 bits per heavy atom. The molecule has 23 heavy (non-hydrogen) atoms. The van der Waals surface area contributed by atoms with Crippen LogP contribution in [0.15, 0.2) is 17.4 Å². The lowest BCUT2D eigenvalue weighted by molar-refractivity contribution is 0.197. The van der Waals surface area contributed by atoms with Gasteiger partial charge in [0, 0.05) is 37.9 Å². The first kappa shape index (κ1) is 16.3. The van der Waals surface area contributed by atoms with Crippen molar-refractivity contribution in [2.45, 2.75) is 58.2 Å². The zero-order valence-corrected chi connectivity index (χ0v) is 14.5. The van der Waals surface area contributed by atoms with E-state index >= 15 is 0 Å². The molecule has 1 aliphatic heterocycles. The minimum atomic E-state index is 0.551. The molecule has 0 bridgehead atoms. The van der Waals surface area contributed by atoms with Crippen molar-refractivity contribution < 1.29 is 0 Å². The van der Waals surface area contributed by atoms with E-state index in [4.69, 9.17) is 4.99 Å². The summed E-state index contributed by atoms with van der Waals surface area (Å²) in [4.78, 5) is 7.35. The van der Waals surface area contributed by atoms with Crippen molar-refractivity contribution in [2.24, 2.45) is 4.99 Å². The number of nitrogens with zero attached hydrogens (tertiary/aromatic N) is 4. The van der Waals surface area contributed by atoms with E-state index in [2.05, 4.69) is 40.7 Å². The molecule has 6 heteroatoms. The van der Waals surface area contributed by atoms with E-state index in [1.165, 1.54) is 44.3 Å². The smallest absolute Gasteiger partial charge is 0.191 e. The van der Waals surface area contributed by atoms with Gasteiger partial charge in [0.2, 0.25) is 0 Å². The molecule has 3 rings (SSSR count). The zero-order chi connectivity index (χ0) is 16.1. The van der Waals surface area contributed by atoms with Crippen LogP contribution >= 0.6 is 0 Å². The fourth-order valence-corrected chi connectivity index (χ4v) is 3.22. The second kappa shape index (κ2) is 7.81.